The molecule has 4 nitrogen and oxygen atoms in total. The number of aliphatic hydroxyl groups is 1. The number of carbonyl (C=O) groups is 1. The standard InChI is InChI=1S/C9H16N2O2/c1-10-4-2-7-6-8(12)3-5-11(7)9(10)13/h7-8,12H,2-6H2,1H3/t7-,8-/m1/s1. The molecule has 2 rings (SSSR count). The van der Waals surface area contributed by atoms with Gasteiger partial charge >= 0.3 is 6.03 Å². The number of urea groups is 1. The monoisotopic (exact) mass is 184 g/mol. The number of amides is 2. The maximum Gasteiger partial charge on any atom is 0.319 e. The SMILES string of the molecule is CN1CC[C@@H]2C[C@H](O)CCN2C1=O. The van der Waals surface area contributed by atoms with Crippen LogP contribution in [0.25, 0.3) is 0 Å². The fourth-order valence-corrected chi connectivity index (χ4v) is 2.21. The van der Waals surface area contributed by atoms with Crippen molar-refractivity contribution in [3.05, 3.63) is 0 Å². The van der Waals surface area contributed by atoms with Gasteiger partial charge in [-0.25, -0.2) is 4.79 Å². The Hall–Kier alpha value is -0.770. The van der Waals surface area contributed by atoms with E-state index in [4.69, 9.17) is 0 Å². The molecule has 0 radical (unpaired) electrons. The van der Waals surface area contributed by atoms with E-state index in [1.54, 1.807) is 4.90 Å². The highest BCUT2D eigenvalue weighted by atomic mass is 16.3. The summed E-state index contributed by atoms with van der Waals surface area (Å²) < 4.78 is 0. The third kappa shape index (κ3) is 1.50. The minimum Gasteiger partial charge on any atom is -0.393 e. The summed E-state index contributed by atoms with van der Waals surface area (Å²) in [5.74, 6) is 0. The first-order valence-corrected chi connectivity index (χ1v) is 4.88. The molecule has 2 aliphatic rings. The molecule has 74 valence electrons. The van der Waals surface area contributed by atoms with Gasteiger partial charge < -0.3 is 14.9 Å². The van der Waals surface area contributed by atoms with Gasteiger partial charge in [0.2, 0.25) is 0 Å². The number of carbonyl (C=O) groups excluding carboxylic acids is 1. The molecule has 0 unspecified atom stereocenters. The molecule has 13 heavy (non-hydrogen) atoms. The zero-order valence-corrected chi connectivity index (χ0v) is 7.94. The second kappa shape index (κ2) is 3.18. The normalized spacial score (nSPS) is 34.8. The number of hydrogen-bond acceptors (Lipinski definition) is 2. The van der Waals surface area contributed by atoms with Crippen molar-refractivity contribution in [3.8, 4) is 0 Å². The summed E-state index contributed by atoms with van der Waals surface area (Å²) in [6.07, 6.45) is 2.30. The lowest BCUT2D eigenvalue weighted by atomic mass is 9.95. The van der Waals surface area contributed by atoms with E-state index < -0.39 is 0 Å². The van der Waals surface area contributed by atoms with Crippen LogP contribution < -0.4 is 0 Å². The van der Waals surface area contributed by atoms with E-state index in [0.717, 1.165) is 32.4 Å². The second-order valence-electron chi connectivity index (χ2n) is 4.02. The van der Waals surface area contributed by atoms with Crippen molar-refractivity contribution < 1.29 is 9.90 Å². The second-order valence-corrected chi connectivity index (χ2v) is 4.02. The summed E-state index contributed by atoms with van der Waals surface area (Å²) in [6, 6.07) is 0.413. The predicted octanol–water partition coefficient (Wildman–Crippen LogP) is 0.267. The third-order valence-electron chi connectivity index (χ3n) is 3.06. The summed E-state index contributed by atoms with van der Waals surface area (Å²) in [4.78, 5) is 15.3. The van der Waals surface area contributed by atoms with Gasteiger partial charge in [0.25, 0.3) is 0 Å². The number of fused-ring (bicyclic) bond motifs is 1. The fourth-order valence-electron chi connectivity index (χ4n) is 2.21. The highest BCUT2D eigenvalue weighted by molar-refractivity contribution is 5.75. The molecular weight excluding hydrogens is 168 g/mol. The van der Waals surface area contributed by atoms with Gasteiger partial charge in [-0.3, -0.25) is 0 Å². The molecule has 1 N–H and O–H groups in total. The van der Waals surface area contributed by atoms with Gasteiger partial charge in [-0.05, 0) is 19.3 Å². The van der Waals surface area contributed by atoms with Crippen LogP contribution in [0, 0.1) is 0 Å². The van der Waals surface area contributed by atoms with Gasteiger partial charge in [-0.15, -0.1) is 0 Å². The van der Waals surface area contributed by atoms with Gasteiger partial charge in [0.15, 0.2) is 0 Å². The molecule has 0 aromatic carbocycles. The van der Waals surface area contributed by atoms with Crippen LogP contribution in [0.15, 0.2) is 0 Å². The molecule has 0 spiro atoms. The third-order valence-corrected chi connectivity index (χ3v) is 3.06. The predicted molar refractivity (Wildman–Crippen MR) is 48.4 cm³/mol. The van der Waals surface area contributed by atoms with Crippen LogP contribution in [0.5, 0.6) is 0 Å². The highest BCUT2D eigenvalue weighted by Gasteiger charge is 2.35. The summed E-state index contributed by atoms with van der Waals surface area (Å²) >= 11 is 0. The largest absolute Gasteiger partial charge is 0.393 e. The Kier molecular flexibility index (Phi) is 2.15. The lowest BCUT2D eigenvalue weighted by molar-refractivity contribution is 0.0291. The summed E-state index contributed by atoms with van der Waals surface area (Å²) in [7, 11) is 1.84. The quantitative estimate of drug-likeness (QED) is 0.587. The van der Waals surface area contributed by atoms with Crippen LogP contribution in [0.1, 0.15) is 19.3 Å². The lowest BCUT2D eigenvalue weighted by Gasteiger charge is -2.44. The van der Waals surface area contributed by atoms with Crippen molar-refractivity contribution in [1.82, 2.24) is 9.80 Å². The first-order chi connectivity index (χ1) is 6.18. The van der Waals surface area contributed by atoms with E-state index in [2.05, 4.69) is 0 Å². The van der Waals surface area contributed by atoms with Crippen LogP contribution in [0.2, 0.25) is 0 Å². The minimum absolute atomic E-state index is 0.128. The van der Waals surface area contributed by atoms with Crippen molar-refractivity contribution in [1.29, 1.82) is 0 Å². The van der Waals surface area contributed by atoms with Crippen molar-refractivity contribution in [2.75, 3.05) is 20.1 Å². The van der Waals surface area contributed by atoms with Crippen LogP contribution in [-0.4, -0.2) is 53.2 Å². The highest BCUT2D eigenvalue weighted by Crippen LogP contribution is 2.24. The van der Waals surface area contributed by atoms with E-state index in [-0.39, 0.29) is 18.2 Å². The molecule has 4 heteroatoms. The summed E-state index contributed by atoms with van der Waals surface area (Å²) in [5, 5.41) is 9.45. The number of piperidine rings is 1. The molecule has 0 aromatic heterocycles. The smallest absolute Gasteiger partial charge is 0.319 e. The van der Waals surface area contributed by atoms with Crippen molar-refractivity contribution in [2.45, 2.75) is 31.4 Å². The molecule has 0 aliphatic carbocycles. The molecule has 0 aromatic rings. The lowest BCUT2D eigenvalue weighted by Crippen LogP contribution is -2.56. The van der Waals surface area contributed by atoms with E-state index in [1.165, 1.54) is 0 Å². The van der Waals surface area contributed by atoms with E-state index in [1.807, 2.05) is 11.9 Å². The van der Waals surface area contributed by atoms with E-state index >= 15 is 0 Å². The Morgan fingerprint density at radius 1 is 1.38 bits per heavy atom. The topological polar surface area (TPSA) is 43.8 Å². The average molecular weight is 184 g/mol. The van der Waals surface area contributed by atoms with Gasteiger partial charge in [-0.2, -0.15) is 0 Å². The van der Waals surface area contributed by atoms with Crippen molar-refractivity contribution in [3.63, 3.8) is 0 Å². The minimum atomic E-state index is -0.197. The van der Waals surface area contributed by atoms with Crippen LogP contribution >= 0.6 is 0 Å². The Morgan fingerprint density at radius 3 is 2.92 bits per heavy atom. The molecule has 2 amide bonds. The van der Waals surface area contributed by atoms with Gasteiger partial charge in [-0.1, -0.05) is 0 Å². The molecule has 2 heterocycles. The zero-order chi connectivity index (χ0) is 9.42. The molecule has 2 aliphatic heterocycles. The first-order valence-electron chi connectivity index (χ1n) is 4.88. The number of nitrogens with zero attached hydrogens (tertiary/aromatic N) is 2. The van der Waals surface area contributed by atoms with Crippen LogP contribution in [-0.2, 0) is 0 Å². The van der Waals surface area contributed by atoms with Crippen LogP contribution in [0.4, 0.5) is 4.79 Å². The summed E-state index contributed by atoms with van der Waals surface area (Å²) in [6.45, 7) is 1.54. The van der Waals surface area contributed by atoms with Crippen LogP contribution in [0.3, 0.4) is 0 Å². The molecule has 2 atom stereocenters. The number of aliphatic hydroxyl groups excluding tert-OH is 1. The average Bonchev–Trinajstić information content (AvgIpc) is 2.12. The van der Waals surface area contributed by atoms with Gasteiger partial charge in [0.05, 0.1) is 6.10 Å². The van der Waals surface area contributed by atoms with E-state index in [9.17, 15) is 9.90 Å². The summed E-state index contributed by atoms with van der Waals surface area (Å²) in [5.41, 5.74) is 0. The molecule has 0 bridgehead atoms. The van der Waals surface area contributed by atoms with Gasteiger partial charge in [0.1, 0.15) is 0 Å². The molecule has 2 saturated heterocycles. The Labute approximate surface area is 78.1 Å². The van der Waals surface area contributed by atoms with Gasteiger partial charge in [0, 0.05) is 26.2 Å². The molecular formula is C9H16N2O2. The van der Waals surface area contributed by atoms with Crippen molar-refractivity contribution >= 4 is 6.03 Å². The fraction of sp³-hybridized carbons (Fsp3) is 0.889. The molecule has 2 fully saturated rings. The Balaban J connectivity index is 2.06. The Bertz CT molecular complexity index is 220. The molecule has 0 saturated carbocycles. The number of rotatable bonds is 0. The Morgan fingerprint density at radius 2 is 2.15 bits per heavy atom. The van der Waals surface area contributed by atoms with Crippen molar-refractivity contribution in [2.24, 2.45) is 0 Å². The zero-order valence-electron chi connectivity index (χ0n) is 7.94. The maximum atomic E-state index is 11.6. The van der Waals surface area contributed by atoms with E-state index in [0.29, 0.717) is 0 Å². The first kappa shape index (κ1) is 8.81. The maximum absolute atomic E-state index is 11.6. The number of hydrogen-bond donors (Lipinski definition) is 1.